The van der Waals surface area contributed by atoms with Gasteiger partial charge in [-0.1, -0.05) is 62.4 Å². The highest BCUT2D eigenvalue weighted by Gasteiger charge is 2.07. The first-order valence-electron chi connectivity index (χ1n) is 6.94. The highest BCUT2D eigenvalue weighted by atomic mass is 32.2. The van der Waals surface area contributed by atoms with E-state index in [1.165, 1.54) is 17.2 Å². The van der Waals surface area contributed by atoms with Gasteiger partial charge in [0.15, 0.2) is 9.84 Å². The molecule has 0 unspecified atom stereocenters. The van der Waals surface area contributed by atoms with E-state index in [-0.39, 0.29) is 0 Å². The van der Waals surface area contributed by atoms with Gasteiger partial charge < -0.3 is 0 Å². The molecule has 2 aromatic rings. The van der Waals surface area contributed by atoms with Crippen LogP contribution >= 0.6 is 0 Å². The number of sulfone groups is 1. The molecule has 0 amide bonds. The second-order valence-electron chi connectivity index (χ2n) is 5.50. The van der Waals surface area contributed by atoms with Crippen molar-refractivity contribution in [2.24, 2.45) is 0 Å². The van der Waals surface area contributed by atoms with Crippen molar-refractivity contribution in [2.75, 3.05) is 6.26 Å². The molecule has 0 fully saturated rings. The predicted octanol–water partition coefficient (Wildman–Crippen LogP) is 4.49. The first-order chi connectivity index (χ1) is 9.87. The van der Waals surface area contributed by atoms with Crippen molar-refractivity contribution >= 4 is 15.9 Å². The topological polar surface area (TPSA) is 34.1 Å². The Balaban J connectivity index is 2.57. The predicted molar refractivity (Wildman–Crippen MR) is 89.8 cm³/mol. The average Bonchev–Trinajstić information content (AvgIpc) is 2.45. The molecule has 0 saturated carbocycles. The summed E-state index contributed by atoms with van der Waals surface area (Å²) < 4.78 is 22.8. The number of benzene rings is 2. The molecule has 0 spiro atoms. The molecule has 0 aromatic heterocycles. The normalized spacial score (nSPS) is 12.2. The summed E-state index contributed by atoms with van der Waals surface area (Å²) in [5.74, 6) is 0.403. The monoisotopic (exact) mass is 300 g/mol. The third-order valence-corrected chi connectivity index (χ3v) is 3.95. The minimum Gasteiger partial charge on any atom is -0.225 e. The van der Waals surface area contributed by atoms with Crippen LogP contribution in [0.25, 0.3) is 17.2 Å². The number of hydrogen-bond acceptors (Lipinski definition) is 2. The lowest BCUT2D eigenvalue weighted by molar-refractivity contribution is 0.610. The van der Waals surface area contributed by atoms with E-state index >= 15 is 0 Å². The molecule has 0 heterocycles. The van der Waals surface area contributed by atoms with E-state index in [0.29, 0.717) is 5.92 Å². The van der Waals surface area contributed by atoms with Gasteiger partial charge in [0.25, 0.3) is 0 Å². The van der Waals surface area contributed by atoms with Crippen LogP contribution in [0.5, 0.6) is 0 Å². The molecule has 0 aliphatic rings. The highest BCUT2D eigenvalue weighted by molar-refractivity contribution is 7.93. The van der Waals surface area contributed by atoms with E-state index < -0.39 is 9.84 Å². The molecule has 21 heavy (non-hydrogen) atoms. The summed E-state index contributed by atoms with van der Waals surface area (Å²) >= 11 is 0. The molecule has 0 aliphatic heterocycles. The van der Waals surface area contributed by atoms with E-state index in [2.05, 4.69) is 32.0 Å². The van der Waals surface area contributed by atoms with Crippen molar-refractivity contribution in [3.8, 4) is 11.1 Å². The molecule has 0 N–H and O–H groups in total. The van der Waals surface area contributed by atoms with Gasteiger partial charge in [-0.05, 0) is 34.2 Å². The number of rotatable bonds is 4. The molecular formula is C18H20O2S. The van der Waals surface area contributed by atoms with Gasteiger partial charge in [0.05, 0.1) is 0 Å². The molecular weight excluding hydrogens is 280 g/mol. The Morgan fingerprint density at radius 3 is 2.24 bits per heavy atom. The molecule has 3 heteroatoms. The standard InChI is InChI=1S/C18H20O2S/c1-14(2)16-9-10-18(15-7-5-4-6-8-15)17(13-16)11-12-21(3,19)20/h4-14H,1-3H3/b12-11+. The maximum absolute atomic E-state index is 11.4. The molecule has 2 rings (SSSR count). The summed E-state index contributed by atoms with van der Waals surface area (Å²) in [6.45, 7) is 4.25. The minimum absolute atomic E-state index is 0.403. The van der Waals surface area contributed by atoms with Crippen LogP contribution in [-0.2, 0) is 9.84 Å². The molecule has 0 atom stereocenters. The van der Waals surface area contributed by atoms with Crippen LogP contribution in [0.3, 0.4) is 0 Å². The van der Waals surface area contributed by atoms with Gasteiger partial charge in [0.2, 0.25) is 0 Å². The van der Waals surface area contributed by atoms with Crippen molar-refractivity contribution in [2.45, 2.75) is 19.8 Å². The summed E-state index contributed by atoms with van der Waals surface area (Å²) in [6.07, 6.45) is 2.89. The zero-order valence-electron chi connectivity index (χ0n) is 12.6. The van der Waals surface area contributed by atoms with Crippen molar-refractivity contribution in [3.05, 3.63) is 65.1 Å². The Kier molecular flexibility index (Phi) is 4.63. The molecule has 0 radical (unpaired) electrons. The van der Waals surface area contributed by atoms with E-state index in [9.17, 15) is 8.42 Å². The Bertz CT molecular complexity index is 742. The quantitative estimate of drug-likeness (QED) is 0.833. The van der Waals surface area contributed by atoms with Crippen LogP contribution in [0.15, 0.2) is 53.9 Å². The lowest BCUT2D eigenvalue weighted by Crippen LogP contribution is -1.92. The van der Waals surface area contributed by atoms with Crippen LogP contribution in [0, 0.1) is 0 Å². The van der Waals surface area contributed by atoms with Crippen LogP contribution in [0.4, 0.5) is 0 Å². The Morgan fingerprint density at radius 2 is 1.67 bits per heavy atom. The maximum atomic E-state index is 11.4. The van der Waals surface area contributed by atoms with Crippen LogP contribution in [0.2, 0.25) is 0 Å². The Morgan fingerprint density at radius 1 is 1.00 bits per heavy atom. The largest absolute Gasteiger partial charge is 0.225 e. The average molecular weight is 300 g/mol. The maximum Gasteiger partial charge on any atom is 0.168 e. The zero-order valence-corrected chi connectivity index (χ0v) is 13.4. The smallest absolute Gasteiger partial charge is 0.168 e. The summed E-state index contributed by atoms with van der Waals surface area (Å²) in [5.41, 5.74) is 4.25. The van der Waals surface area contributed by atoms with Gasteiger partial charge in [-0.2, -0.15) is 0 Å². The van der Waals surface area contributed by atoms with Crippen molar-refractivity contribution in [1.29, 1.82) is 0 Å². The molecule has 0 bridgehead atoms. The first-order valence-corrected chi connectivity index (χ1v) is 8.90. The van der Waals surface area contributed by atoms with E-state index in [4.69, 9.17) is 0 Å². The van der Waals surface area contributed by atoms with Gasteiger partial charge in [0, 0.05) is 11.7 Å². The first kappa shape index (κ1) is 15.5. The molecule has 0 saturated heterocycles. The third-order valence-electron chi connectivity index (χ3n) is 3.32. The SMILES string of the molecule is CC(C)c1ccc(-c2ccccc2)c(/C=C/S(C)(=O)=O)c1. The fourth-order valence-corrected chi connectivity index (χ4v) is 2.55. The minimum atomic E-state index is -3.13. The third kappa shape index (κ3) is 4.30. The fourth-order valence-electron chi connectivity index (χ4n) is 2.16. The highest BCUT2D eigenvalue weighted by Crippen LogP contribution is 2.28. The fraction of sp³-hybridized carbons (Fsp3) is 0.222. The number of hydrogen-bond donors (Lipinski definition) is 0. The van der Waals surface area contributed by atoms with E-state index in [1.54, 1.807) is 6.08 Å². The molecule has 0 aliphatic carbocycles. The molecule has 2 aromatic carbocycles. The van der Waals surface area contributed by atoms with Crippen molar-refractivity contribution in [3.63, 3.8) is 0 Å². The van der Waals surface area contributed by atoms with E-state index in [0.717, 1.165) is 16.7 Å². The van der Waals surface area contributed by atoms with Gasteiger partial charge >= 0.3 is 0 Å². The summed E-state index contributed by atoms with van der Waals surface area (Å²) in [4.78, 5) is 0. The second-order valence-corrected chi connectivity index (χ2v) is 7.43. The lowest BCUT2D eigenvalue weighted by atomic mass is 9.94. The Hall–Kier alpha value is -1.87. The van der Waals surface area contributed by atoms with Gasteiger partial charge in [-0.25, -0.2) is 8.42 Å². The van der Waals surface area contributed by atoms with Gasteiger partial charge in [-0.15, -0.1) is 0 Å². The summed E-state index contributed by atoms with van der Waals surface area (Å²) in [6, 6.07) is 16.2. The van der Waals surface area contributed by atoms with Crippen molar-refractivity contribution < 1.29 is 8.42 Å². The summed E-state index contributed by atoms with van der Waals surface area (Å²) in [5, 5.41) is 1.26. The van der Waals surface area contributed by atoms with Crippen LogP contribution < -0.4 is 0 Å². The van der Waals surface area contributed by atoms with E-state index in [1.807, 2.05) is 30.3 Å². The second kappa shape index (κ2) is 6.27. The molecule has 110 valence electrons. The lowest BCUT2D eigenvalue weighted by Gasteiger charge is -2.11. The van der Waals surface area contributed by atoms with Gasteiger partial charge in [0.1, 0.15) is 0 Å². The molecule has 2 nitrogen and oxygen atoms in total. The van der Waals surface area contributed by atoms with Crippen molar-refractivity contribution in [1.82, 2.24) is 0 Å². The Labute approximate surface area is 127 Å². The van der Waals surface area contributed by atoms with Gasteiger partial charge in [-0.3, -0.25) is 0 Å². The van der Waals surface area contributed by atoms with Crippen LogP contribution in [0.1, 0.15) is 30.9 Å². The summed E-state index contributed by atoms with van der Waals surface area (Å²) in [7, 11) is -3.13. The van der Waals surface area contributed by atoms with Crippen LogP contribution in [-0.4, -0.2) is 14.7 Å². The zero-order chi connectivity index (χ0) is 15.5.